The van der Waals surface area contributed by atoms with Crippen LogP contribution in [0.15, 0.2) is 193 Å². The number of aldehydes is 1. The zero-order valence-electron chi connectivity index (χ0n) is 75.5. The lowest BCUT2D eigenvalue weighted by Crippen LogP contribution is -2.33. The Morgan fingerprint density at radius 1 is 0.529 bits per heavy atom. The quantitative estimate of drug-likeness (QED) is 0.00356. The summed E-state index contributed by atoms with van der Waals surface area (Å²) in [6, 6.07) is 49.9. The van der Waals surface area contributed by atoms with Gasteiger partial charge in [0.05, 0.1) is 40.6 Å². The number of allylic oxidation sites excluding steroid dienone is 1. The van der Waals surface area contributed by atoms with Crippen molar-refractivity contribution in [1.29, 1.82) is 0 Å². The minimum atomic E-state index is -0.509. The Bertz CT molecular complexity index is 4950. The highest BCUT2D eigenvalue weighted by molar-refractivity contribution is 14.0. The fraction of sp³-hybridized carbons (Fsp3) is 0.319. The summed E-state index contributed by atoms with van der Waals surface area (Å²) in [5.74, 6) is 11.3. The molecular formula is C91H112BBr4Cl3IN5O16. The standard InChI is InChI=1S/2C18H23NO3.C14H15NO2.C12H13NO.C9H9BrO.C9H15NO2.C8H8O3.C2H3ClO.CH2Cl2.BBr3.HI/c1-18(2,3)22-17(20)19-11-10-14-7-5-6-13-8-9-15(21-4)12-16(13)14;1-18(2,3)22-17(20)19-14-8-6-5-7-9-15-10-12-16(21-4)13-11-15;1-10(16)15-8-7-12-4-2-3-11-5-6-13(17)9-14(11)12;13-7-6-10-3-1-2-9-4-5-11(14)8-12(9)10;1-11-9-4-2-8(3-5-9)6-7-10;1-5-6-7-10-8(11)12-9(2,3)4;1-10-11-8-4-2-7(6-9)3-5-8;1-2(3)4;2-1-3;2-1(3)4;/h5-9,12H,10-11H2,1-4H3,(H,19,20);7,9-13H,8,14H2,1-4H3,(H,19,20);2-6,9,17H,7-8H2,1H3,(H,15,16);1-5,8,14H,6-7,13H2;2-7H,1H3;1H,6-7H2,2-4H3,(H,10,11);2-6H,1H3;1H3;1H2;;1H/b;9-7-;;;;;;;;;/i5D;7D;2D;1D;7D;;;;;;. The number of fused-ring (bicyclic) bond motifs is 3. The summed E-state index contributed by atoms with van der Waals surface area (Å²) < 4.78 is 69.1. The number of carbonyl (C=O) groups is 6. The van der Waals surface area contributed by atoms with Gasteiger partial charge in [0.1, 0.15) is 51.8 Å². The first-order valence-electron chi connectivity index (χ1n) is 39.3. The number of carbonyl (C=O) groups excluding carboxylic acids is 6. The van der Waals surface area contributed by atoms with Gasteiger partial charge in [-0.25, -0.2) is 14.4 Å². The smallest absolute Gasteiger partial charge is 0.407 e. The molecule has 0 aromatic heterocycles. The van der Waals surface area contributed by atoms with Crippen molar-refractivity contribution in [3.8, 4) is 58.7 Å². The molecule has 9 rings (SSSR count). The molecule has 9 aromatic rings. The van der Waals surface area contributed by atoms with Gasteiger partial charge in [0.15, 0.2) is 5.75 Å². The molecule has 0 saturated carbocycles. The number of halogens is 8. The fourth-order valence-electron chi connectivity index (χ4n) is 9.14. The lowest BCUT2D eigenvalue weighted by molar-refractivity contribution is -0.178. The number of methoxy groups -OCH3 is 3. The van der Waals surface area contributed by atoms with Crippen LogP contribution in [0, 0.1) is 24.2 Å². The van der Waals surface area contributed by atoms with E-state index in [2.05, 4.69) is 124 Å². The monoisotopic (exact) mass is 2090 g/mol. The lowest BCUT2D eigenvalue weighted by atomic mass is 10.0. The highest BCUT2D eigenvalue weighted by Gasteiger charge is 2.18. The average Bonchev–Trinajstić information content (AvgIpc) is 0.816. The number of benzene rings is 9. The van der Waals surface area contributed by atoms with Crippen molar-refractivity contribution in [3.05, 3.63) is 226 Å². The highest BCUT2D eigenvalue weighted by Crippen LogP contribution is 2.27. The van der Waals surface area contributed by atoms with E-state index < -0.39 is 35.1 Å². The number of phenols is 2. The second-order valence-electron chi connectivity index (χ2n) is 27.1. The van der Waals surface area contributed by atoms with Crippen LogP contribution in [-0.2, 0) is 47.9 Å². The number of hydrogen-bond donors (Lipinski definition) is 7. The second kappa shape index (κ2) is 66.9. The number of rotatable bonds is 20. The molecule has 0 spiro atoms. The zero-order chi connectivity index (χ0) is 94.8. The maximum absolute atomic E-state index is 11.7. The van der Waals surface area contributed by atoms with Crippen LogP contribution >= 0.6 is 122 Å². The van der Waals surface area contributed by atoms with Crippen LogP contribution < -0.4 is 46.1 Å². The van der Waals surface area contributed by atoms with Gasteiger partial charge in [-0.15, -0.1) is 107 Å². The van der Waals surface area contributed by atoms with Crippen molar-refractivity contribution in [2.45, 2.75) is 125 Å². The summed E-state index contributed by atoms with van der Waals surface area (Å²) in [6.07, 6.45) is 10.8. The predicted molar refractivity (Wildman–Crippen MR) is 523 cm³/mol. The number of ether oxygens (including phenoxy) is 6. The van der Waals surface area contributed by atoms with Gasteiger partial charge in [-0.1, -0.05) is 125 Å². The molecular weight excluding hydrogens is 1980 g/mol. The molecule has 0 fully saturated rings. The van der Waals surface area contributed by atoms with Gasteiger partial charge in [0.25, 0.3) is 0 Å². The number of nitrogens with one attached hydrogen (secondary N) is 4. The van der Waals surface area contributed by atoms with E-state index in [9.17, 15) is 39.0 Å². The highest BCUT2D eigenvalue weighted by atomic mass is 127. The molecule has 30 heteroatoms. The third-order valence-electron chi connectivity index (χ3n) is 14.0. The van der Waals surface area contributed by atoms with E-state index in [4.69, 9.17) is 70.6 Å². The van der Waals surface area contributed by atoms with Gasteiger partial charge in [0, 0.05) is 58.4 Å². The number of hydrogen-bond acceptors (Lipinski definition) is 17. The van der Waals surface area contributed by atoms with Gasteiger partial charge < -0.3 is 70.5 Å². The SMILES string of the molecule is BrB(Br)Br.C#CCCNC(=O)OC(C)(C)C.CC(=O)Cl.COOc1ccc(C=O)cc1.ClCCl.I.[2H]/C(C#CCCNC(=O)OC(C)(C)C)=C/c1ccc(OC)cc1.[2H]C(Br)=Cc1ccc(OC)cc1.[2H]c1cc(CCN)c2cc(O)ccc2c1.[2H]c1cc(CCNC(=O)OC(C)(C)C)c2cc(OC)ccc2c1.[2H]c1cc(CCNC(C)=O)c2cc(O)ccc2c1. The van der Waals surface area contributed by atoms with E-state index in [1.165, 1.54) is 21.0 Å². The molecule has 9 aromatic carbocycles. The maximum atomic E-state index is 11.7. The third-order valence-corrected chi connectivity index (χ3v) is 14.2. The Balaban J connectivity index is 0. The van der Waals surface area contributed by atoms with E-state index in [0.29, 0.717) is 92.8 Å². The van der Waals surface area contributed by atoms with Gasteiger partial charge in [-0.05, 0) is 268 Å². The first kappa shape index (κ1) is 105. The predicted octanol–water partition coefficient (Wildman–Crippen LogP) is 22.8. The molecule has 0 heterocycles. The zero-order valence-corrected chi connectivity index (χ0v) is 81.4. The number of terminal acetylenes is 1. The lowest BCUT2D eigenvalue weighted by Gasteiger charge is -2.19. The Morgan fingerprint density at radius 3 is 1.24 bits per heavy atom. The molecule has 121 heavy (non-hydrogen) atoms. The summed E-state index contributed by atoms with van der Waals surface area (Å²) in [6.45, 7) is 21.5. The van der Waals surface area contributed by atoms with Crippen molar-refractivity contribution < 1.29 is 84.0 Å². The molecule has 656 valence electrons. The van der Waals surface area contributed by atoms with Gasteiger partial charge in [-0.3, -0.25) is 14.4 Å². The van der Waals surface area contributed by atoms with Crippen LogP contribution in [0.4, 0.5) is 14.4 Å². The Kier molecular flexibility index (Phi) is 57.8. The summed E-state index contributed by atoms with van der Waals surface area (Å²) in [5, 5.41) is 35.2. The fourth-order valence-corrected chi connectivity index (χ4v) is 9.41. The number of amides is 4. The van der Waals surface area contributed by atoms with E-state index >= 15 is 0 Å². The summed E-state index contributed by atoms with van der Waals surface area (Å²) >= 11 is 26.5. The van der Waals surface area contributed by atoms with Crippen molar-refractivity contribution in [3.63, 3.8) is 0 Å². The first-order valence-corrected chi connectivity index (χ1v) is 41.8. The number of nitrogens with two attached hydrogens (primary N) is 1. The molecule has 0 aliphatic heterocycles. The van der Waals surface area contributed by atoms with Crippen molar-refractivity contribution in [2.24, 2.45) is 5.73 Å². The summed E-state index contributed by atoms with van der Waals surface area (Å²) in [4.78, 5) is 73.7. The molecule has 8 N–H and O–H groups in total. The molecule has 0 aliphatic rings. The topological polar surface area (TPSA) is 291 Å². The second-order valence-corrected chi connectivity index (χ2v) is 35.3. The number of phenolic OH excluding ortho intramolecular Hbond substituents is 2. The Labute approximate surface area is 786 Å². The number of aromatic hydroxyl groups is 2. The van der Waals surface area contributed by atoms with Gasteiger partial charge >= 0.3 is 21.5 Å². The first-order chi connectivity index (χ1) is 58.8. The number of alkyl halides is 2. The maximum Gasteiger partial charge on any atom is 0.407 e. The summed E-state index contributed by atoms with van der Waals surface area (Å²) in [5.41, 5.74) is 9.53. The molecule has 0 saturated heterocycles. The molecule has 0 radical (unpaired) electrons. The van der Waals surface area contributed by atoms with Crippen LogP contribution in [0.1, 0.15) is 134 Å². The van der Waals surface area contributed by atoms with Crippen molar-refractivity contribution in [2.75, 3.05) is 66.5 Å². The van der Waals surface area contributed by atoms with E-state index in [1.807, 2.05) is 147 Å². The van der Waals surface area contributed by atoms with Crippen molar-refractivity contribution in [1.82, 2.24) is 21.3 Å². The van der Waals surface area contributed by atoms with Gasteiger partial charge in [0.2, 0.25) is 11.1 Å². The molecule has 4 amide bonds. The van der Waals surface area contributed by atoms with Crippen LogP contribution in [0.3, 0.4) is 0 Å². The molecule has 0 bridgehead atoms. The minimum absolute atomic E-state index is 0. The minimum Gasteiger partial charge on any atom is -0.508 e. The van der Waals surface area contributed by atoms with E-state index in [0.717, 1.165) is 90.1 Å². The van der Waals surface area contributed by atoms with Crippen LogP contribution in [0.2, 0.25) is 0 Å². The molecule has 0 unspecified atom stereocenters. The van der Waals surface area contributed by atoms with Crippen LogP contribution in [0.25, 0.3) is 44.5 Å². The van der Waals surface area contributed by atoms with Crippen molar-refractivity contribution >= 4 is 205 Å². The number of alkyl carbamates (subject to hydrolysis) is 3. The summed E-state index contributed by atoms with van der Waals surface area (Å²) in [7, 11) is 6.29. The van der Waals surface area contributed by atoms with Crippen LogP contribution in [0.5, 0.6) is 34.5 Å². The average molecular weight is 2100 g/mol. The Morgan fingerprint density at radius 2 is 0.876 bits per heavy atom. The van der Waals surface area contributed by atoms with Crippen LogP contribution in [-0.4, -0.2) is 132 Å². The normalized spacial score (nSPS) is 10.8. The largest absolute Gasteiger partial charge is 0.508 e. The van der Waals surface area contributed by atoms with E-state index in [-0.39, 0.29) is 61.2 Å². The molecule has 0 aliphatic carbocycles. The molecule has 21 nitrogen and oxygen atoms in total. The Hall–Kier alpha value is -8.72. The molecule has 0 atom stereocenters. The van der Waals surface area contributed by atoms with E-state index in [1.54, 1.807) is 112 Å². The third kappa shape index (κ3) is 59.6. The van der Waals surface area contributed by atoms with Gasteiger partial charge in [-0.2, -0.15) is 4.89 Å².